The van der Waals surface area contributed by atoms with Crippen molar-refractivity contribution in [2.45, 2.75) is 96.1 Å². The van der Waals surface area contributed by atoms with Gasteiger partial charge in [0.2, 0.25) is 12.6 Å². The fraction of sp³-hybridized carbons (Fsp3) is 0.657. The highest BCUT2D eigenvalue weighted by molar-refractivity contribution is 8.07. The van der Waals surface area contributed by atoms with Gasteiger partial charge in [0, 0.05) is 50.4 Å². The highest BCUT2D eigenvalue weighted by Gasteiger charge is 2.29. The third-order valence-corrected chi connectivity index (χ3v) is 13.9. The molecule has 0 spiro atoms. The molecule has 2 heterocycles. The van der Waals surface area contributed by atoms with E-state index in [4.69, 9.17) is 18.9 Å². The Kier molecular flexibility index (Phi) is 14.1. The van der Waals surface area contributed by atoms with Gasteiger partial charge in [0.05, 0.1) is 13.2 Å². The number of hydrogen-bond acceptors (Lipinski definition) is 10. The number of ether oxygens (including phenoxy) is 4. The second-order valence-electron chi connectivity index (χ2n) is 12.8. The summed E-state index contributed by atoms with van der Waals surface area (Å²) in [7, 11) is 0. The average molecular weight is 697 g/mol. The van der Waals surface area contributed by atoms with Crippen molar-refractivity contribution in [1.82, 2.24) is 0 Å². The molecule has 2 saturated heterocycles. The molecule has 6 nitrogen and oxygen atoms in total. The van der Waals surface area contributed by atoms with Crippen molar-refractivity contribution in [2.24, 2.45) is 0 Å². The highest BCUT2D eigenvalue weighted by atomic mass is 32.2. The van der Waals surface area contributed by atoms with Gasteiger partial charge in [-0.05, 0) is 74.9 Å². The van der Waals surface area contributed by atoms with Crippen molar-refractivity contribution >= 4 is 47.0 Å². The van der Waals surface area contributed by atoms with Crippen LogP contribution in [0.25, 0.3) is 0 Å². The van der Waals surface area contributed by atoms with Gasteiger partial charge in [-0.2, -0.15) is 47.0 Å². The summed E-state index contributed by atoms with van der Waals surface area (Å²) in [5.74, 6) is 8.31. The van der Waals surface area contributed by atoms with Gasteiger partial charge in [0.15, 0.2) is 0 Å². The summed E-state index contributed by atoms with van der Waals surface area (Å²) in [5, 5.41) is 21.8. The number of benzene rings is 2. The Morgan fingerprint density at radius 1 is 0.667 bits per heavy atom. The standard InChI is InChI=1S/C35H52O6S4/c1-21-13-27(14-22(2)31(21)40-33(25(5)36)38-17-29-19-42-9-11-44-29)35(7,8)28-15-23(3)32(24(4)16-28)41-34(26(6)37)39-18-30-20-43-10-12-45-30/h13-16,25-26,29-30,33-34,36-37H,9-12,17-20H2,1-8H3. The van der Waals surface area contributed by atoms with Gasteiger partial charge in [-0.1, -0.05) is 38.1 Å². The van der Waals surface area contributed by atoms with E-state index in [-0.39, 0.29) is 5.41 Å². The van der Waals surface area contributed by atoms with Crippen LogP contribution in [0.5, 0.6) is 11.5 Å². The predicted molar refractivity (Wildman–Crippen MR) is 195 cm³/mol. The molecular formula is C35H52O6S4. The summed E-state index contributed by atoms with van der Waals surface area (Å²) < 4.78 is 24.9. The summed E-state index contributed by atoms with van der Waals surface area (Å²) in [6, 6.07) is 8.73. The van der Waals surface area contributed by atoms with Gasteiger partial charge in [0.1, 0.15) is 23.7 Å². The zero-order valence-corrected chi connectivity index (χ0v) is 31.4. The third-order valence-electron chi connectivity index (χ3n) is 8.28. The first-order valence-corrected chi connectivity index (χ1v) is 20.3. The minimum Gasteiger partial charge on any atom is -0.462 e. The average Bonchev–Trinajstić information content (AvgIpc) is 3.00. The Hall–Kier alpha value is -0.720. The van der Waals surface area contributed by atoms with Crippen molar-refractivity contribution in [3.05, 3.63) is 57.6 Å². The molecule has 0 radical (unpaired) electrons. The highest BCUT2D eigenvalue weighted by Crippen LogP contribution is 2.39. The van der Waals surface area contributed by atoms with Gasteiger partial charge in [-0.15, -0.1) is 0 Å². The first-order chi connectivity index (χ1) is 21.4. The SMILES string of the molecule is Cc1cc(C(C)(C)c2cc(C)c(OC(OCC3CSCCS3)C(C)O)c(C)c2)cc(C)c1OC(OCC1CSCCS1)C(C)O. The van der Waals surface area contributed by atoms with E-state index in [1.54, 1.807) is 13.8 Å². The molecule has 2 N–H and O–H groups in total. The molecule has 45 heavy (non-hydrogen) atoms. The van der Waals surface area contributed by atoms with Crippen LogP contribution in [0.3, 0.4) is 0 Å². The molecule has 2 fully saturated rings. The van der Waals surface area contributed by atoms with E-state index >= 15 is 0 Å². The largest absolute Gasteiger partial charge is 0.462 e. The lowest BCUT2D eigenvalue weighted by molar-refractivity contribution is -0.138. The van der Waals surface area contributed by atoms with Crippen LogP contribution in [0.2, 0.25) is 0 Å². The topological polar surface area (TPSA) is 77.4 Å². The second-order valence-corrected chi connectivity index (χ2v) is 17.9. The lowest BCUT2D eigenvalue weighted by Crippen LogP contribution is -2.36. The molecule has 2 aromatic carbocycles. The van der Waals surface area contributed by atoms with Crippen LogP contribution in [0.4, 0.5) is 0 Å². The minimum atomic E-state index is -0.753. The summed E-state index contributed by atoms with van der Waals surface area (Å²) in [6.07, 6.45) is -2.95. The van der Waals surface area contributed by atoms with Gasteiger partial charge in [0.25, 0.3) is 0 Å². The molecule has 2 aliphatic rings. The fourth-order valence-electron chi connectivity index (χ4n) is 5.61. The molecule has 2 aliphatic heterocycles. The van der Waals surface area contributed by atoms with E-state index in [1.807, 2.05) is 47.0 Å². The van der Waals surface area contributed by atoms with E-state index in [9.17, 15) is 10.2 Å². The Labute approximate surface area is 287 Å². The Bertz CT molecular complexity index is 1100. The lowest BCUT2D eigenvalue weighted by Gasteiger charge is -2.31. The molecule has 0 aromatic heterocycles. The number of aliphatic hydroxyl groups is 2. The zero-order valence-electron chi connectivity index (χ0n) is 28.1. The van der Waals surface area contributed by atoms with Crippen LogP contribution < -0.4 is 9.47 Å². The molecule has 0 bridgehead atoms. The summed E-state index contributed by atoms with van der Waals surface area (Å²) in [4.78, 5) is 0. The number of hydrogen-bond donors (Lipinski definition) is 2. The molecule has 0 aliphatic carbocycles. The van der Waals surface area contributed by atoms with Gasteiger partial charge < -0.3 is 29.2 Å². The normalized spacial score (nSPS) is 22.0. The summed E-state index contributed by atoms with van der Waals surface area (Å²) in [6.45, 7) is 17.3. The van der Waals surface area contributed by atoms with Crippen LogP contribution in [0.15, 0.2) is 24.3 Å². The number of thioether (sulfide) groups is 4. The van der Waals surface area contributed by atoms with Crippen molar-refractivity contribution in [1.29, 1.82) is 0 Å². The molecule has 0 saturated carbocycles. The van der Waals surface area contributed by atoms with Crippen LogP contribution in [0, 0.1) is 27.7 Å². The van der Waals surface area contributed by atoms with Crippen LogP contribution in [-0.2, 0) is 14.9 Å². The minimum absolute atomic E-state index is 0.297. The van der Waals surface area contributed by atoms with E-state index in [0.717, 1.165) is 56.8 Å². The lowest BCUT2D eigenvalue weighted by atomic mass is 9.76. The molecular weight excluding hydrogens is 645 g/mol. The summed E-state index contributed by atoms with van der Waals surface area (Å²) in [5.41, 5.74) is 6.09. The number of aryl methyl sites for hydroxylation is 4. The first kappa shape index (κ1) is 37.1. The van der Waals surface area contributed by atoms with Crippen LogP contribution in [0.1, 0.15) is 61.1 Å². The quantitative estimate of drug-likeness (QED) is 0.199. The summed E-state index contributed by atoms with van der Waals surface area (Å²) >= 11 is 7.79. The molecule has 6 unspecified atom stereocenters. The van der Waals surface area contributed by atoms with Gasteiger partial charge >= 0.3 is 0 Å². The number of rotatable bonds is 14. The molecule has 0 amide bonds. The van der Waals surface area contributed by atoms with E-state index in [0.29, 0.717) is 23.7 Å². The Morgan fingerprint density at radius 2 is 1.02 bits per heavy atom. The maximum Gasteiger partial charge on any atom is 0.225 e. The fourth-order valence-corrected chi connectivity index (χ4v) is 10.7. The molecule has 4 rings (SSSR count). The second kappa shape index (κ2) is 17.1. The number of aliphatic hydroxyl groups excluding tert-OH is 2. The monoisotopic (exact) mass is 696 g/mol. The molecule has 252 valence electrons. The van der Waals surface area contributed by atoms with Crippen LogP contribution in [-0.4, -0.2) is 93.2 Å². The first-order valence-electron chi connectivity index (χ1n) is 15.9. The Morgan fingerprint density at radius 3 is 1.31 bits per heavy atom. The maximum absolute atomic E-state index is 10.5. The van der Waals surface area contributed by atoms with Gasteiger partial charge in [-0.3, -0.25) is 0 Å². The smallest absolute Gasteiger partial charge is 0.225 e. The predicted octanol–water partition coefficient (Wildman–Crippen LogP) is 7.15. The maximum atomic E-state index is 10.5. The van der Waals surface area contributed by atoms with E-state index < -0.39 is 24.8 Å². The van der Waals surface area contributed by atoms with E-state index in [1.165, 1.54) is 22.6 Å². The molecule has 10 heteroatoms. The van der Waals surface area contributed by atoms with Crippen molar-refractivity contribution in [2.75, 3.05) is 47.7 Å². The van der Waals surface area contributed by atoms with Crippen LogP contribution >= 0.6 is 47.0 Å². The van der Waals surface area contributed by atoms with Crippen molar-refractivity contribution in [3.8, 4) is 11.5 Å². The zero-order chi connectivity index (χ0) is 32.7. The Balaban J connectivity index is 1.48. The van der Waals surface area contributed by atoms with E-state index in [2.05, 4.69) is 65.8 Å². The van der Waals surface area contributed by atoms with Crippen molar-refractivity contribution < 1.29 is 29.2 Å². The van der Waals surface area contributed by atoms with Gasteiger partial charge in [-0.25, -0.2) is 0 Å². The molecule has 6 atom stereocenters. The van der Waals surface area contributed by atoms with Crippen molar-refractivity contribution in [3.63, 3.8) is 0 Å². The third kappa shape index (κ3) is 10.1. The molecule has 2 aromatic rings.